The molecular formula is C9H6F4. The molecule has 70 valence electrons. The van der Waals surface area contributed by atoms with Gasteiger partial charge in [0.05, 0.1) is 0 Å². The highest BCUT2D eigenvalue weighted by Crippen LogP contribution is 2.25. The van der Waals surface area contributed by atoms with Crippen LogP contribution in [0, 0.1) is 0 Å². The lowest BCUT2D eigenvalue weighted by molar-refractivity contribution is 0.409. The molecular weight excluding hydrogens is 184 g/mol. The molecule has 0 amide bonds. The SMILES string of the molecule is FCc1ccccc1C(F)=C(F)F. The van der Waals surface area contributed by atoms with E-state index in [1.54, 1.807) is 0 Å². The van der Waals surface area contributed by atoms with Gasteiger partial charge in [0.1, 0.15) is 6.67 Å². The summed E-state index contributed by atoms with van der Waals surface area (Å²) < 4.78 is 48.5. The van der Waals surface area contributed by atoms with Gasteiger partial charge in [-0.25, -0.2) is 8.78 Å². The first-order valence-corrected chi connectivity index (χ1v) is 3.52. The van der Waals surface area contributed by atoms with Gasteiger partial charge in [0, 0.05) is 5.56 Å². The topological polar surface area (TPSA) is 0 Å². The zero-order valence-electron chi connectivity index (χ0n) is 6.53. The summed E-state index contributed by atoms with van der Waals surface area (Å²) >= 11 is 0. The van der Waals surface area contributed by atoms with Gasteiger partial charge in [-0.2, -0.15) is 8.78 Å². The molecule has 0 saturated heterocycles. The second-order valence-electron chi connectivity index (χ2n) is 2.37. The van der Waals surface area contributed by atoms with E-state index in [1.165, 1.54) is 18.2 Å². The minimum absolute atomic E-state index is 0.0761. The van der Waals surface area contributed by atoms with Gasteiger partial charge in [-0.3, -0.25) is 0 Å². The van der Waals surface area contributed by atoms with Crippen molar-refractivity contribution in [2.24, 2.45) is 0 Å². The monoisotopic (exact) mass is 190 g/mol. The molecule has 1 aromatic rings. The molecule has 0 fully saturated rings. The Hall–Kier alpha value is -1.32. The first-order valence-electron chi connectivity index (χ1n) is 3.52. The quantitative estimate of drug-likeness (QED) is 0.624. The van der Waals surface area contributed by atoms with Crippen LogP contribution in [0.25, 0.3) is 5.83 Å². The molecule has 0 aliphatic carbocycles. The van der Waals surface area contributed by atoms with Crippen LogP contribution < -0.4 is 0 Å². The summed E-state index contributed by atoms with van der Waals surface area (Å²) in [5, 5.41) is 0. The molecule has 0 aliphatic rings. The van der Waals surface area contributed by atoms with Crippen molar-refractivity contribution in [3.05, 3.63) is 41.5 Å². The highest BCUT2D eigenvalue weighted by Gasteiger charge is 2.11. The molecule has 0 nitrogen and oxygen atoms in total. The van der Waals surface area contributed by atoms with Crippen LogP contribution in [-0.4, -0.2) is 0 Å². The molecule has 0 bridgehead atoms. The van der Waals surface area contributed by atoms with Crippen LogP contribution in [0.5, 0.6) is 0 Å². The Morgan fingerprint density at radius 2 is 1.69 bits per heavy atom. The third-order valence-electron chi connectivity index (χ3n) is 1.56. The van der Waals surface area contributed by atoms with E-state index in [9.17, 15) is 17.6 Å². The van der Waals surface area contributed by atoms with Crippen LogP contribution in [0.2, 0.25) is 0 Å². The van der Waals surface area contributed by atoms with Gasteiger partial charge in [0.2, 0.25) is 0 Å². The van der Waals surface area contributed by atoms with Crippen molar-refractivity contribution in [3.8, 4) is 0 Å². The van der Waals surface area contributed by atoms with Gasteiger partial charge in [-0.05, 0) is 5.56 Å². The van der Waals surface area contributed by atoms with Crippen LogP contribution in [0.15, 0.2) is 30.3 Å². The third-order valence-corrected chi connectivity index (χ3v) is 1.56. The molecule has 0 aliphatic heterocycles. The first kappa shape index (κ1) is 9.77. The number of halogens is 4. The summed E-state index contributed by atoms with van der Waals surface area (Å²) in [7, 11) is 0. The van der Waals surface area contributed by atoms with E-state index in [1.807, 2.05) is 0 Å². The van der Waals surface area contributed by atoms with E-state index in [-0.39, 0.29) is 11.1 Å². The second-order valence-corrected chi connectivity index (χ2v) is 2.37. The summed E-state index contributed by atoms with van der Waals surface area (Å²) in [5.74, 6) is -1.66. The van der Waals surface area contributed by atoms with E-state index < -0.39 is 18.6 Å². The number of rotatable bonds is 2. The number of hydrogen-bond donors (Lipinski definition) is 0. The summed E-state index contributed by atoms with van der Waals surface area (Å²) in [6, 6.07) is 5.21. The Morgan fingerprint density at radius 1 is 1.08 bits per heavy atom. The van der Waals surface area contributed by atoms with Crippen LogP contribution in [0.4, 0.5) is 17.6 Å². The average Bonchev–Trinajstić information content (AvgIpc) is 2.16. The number of alkyl halides is 1. The molecule has 0 atom stereocenters. The fraction of sp³-hybridized carbons (Fsp3) is 0.111. The van der Waals surface area contributed by atoms with Crippen molar-refractivity contribution < 1.29 is 17.6 Å². The van der Waals surface area contributed by atoms with Crippen LogP contribution in [0.1, 0.15) is 11.1 Å². The predicted molar refractivity (Wildman–Crippen MR) is 41.5 cm³/mol. The highest BCUT2D eigenvalue weighted by atomic mass is 19.3. The normalized spacial score (nSPS) is 9.85. The van der Waals surface area contributed by atoms with Gasteiger partial charge >= 0.3 is 6.08 Å². The van der Waals surface area contributed by atoms with E-state index in [0.717, 1.165) is 6.07 Å². The summed E-state index contributed by atoms with van der Waals surface area (Å²) in [4.78, 5) is 0. The average molecular weight is 190 g/mol. The molecule has 0 saturated carbocycles. The van der Waals surface area contributed by atoms with E-state index in [0.29, 0.717) is 0 Å². The molecule has 0 aromatic heterocycles. The maximum absolute atomic E-state index is 12.7. The smallest absolute Gasteiger partial charge is 0.246 e. The maximum Gasteiger partial charge on any atom is 0.306 e. The molecule has 1 rings (SSSR count). The van der Waals surface area contributed by atoms with Crippen LogP contribution in [0.3, 0.4) is 0 Å². The van der Waals surface area contributed by atoms with Crippen LogP contribution >= 0.6 is 0 Å². The number of hydrogen-bond acceptors (Lipinski definition) is 0. The summed E-state index contributed by atoms with van der Waals surface area (Å²) in [6.07, 6.45) is -2.43. The van der Waals surface area contributed by atoms with Gasteiger partial charge < -0.3 is 0 Å². The summed E-state index contributed by atoms with van der Waals surface area (Å²) in [5.41, 5.74) is -0.460. The Labute approximate surface area is 72.5 Å². The van der Waals surface area contributed by atoms with Crippen molar-refractivity contribution in [3.63, 3.8) is 0 Å². The molecule has 0 spiro atoms. The minimum Gasteiger partial charge on any atom is -0.246 e. The van der Waals surface area contributed by atoms with Gasteiger partial charge in [-0.15, -0.1) is 0 Å². The Bertz CT molecular complexity index is 326. The largest absolute Gasteiger partial charge is 0.306 e. The van der Waals surface area contributed by atoms with Crippen molar-refractivity contribution in [1.29, 1.82) is 0 Å². The van der Waals surface area contributed by atoms with E-state index in [4.69, 9.17) is 0 Å². The van der Waals surface area contributed by atoms with Crippen LogP contribution in [-0.2, 0) is 6.67 Å². The van der Waals surface area contributed by atoms with Gasteiger partial charge in [0.15, 0.2) is 5.83 Å². The lowest BCUT2D eigenvalue weighted by Crippen LogP contribution is -1.88. The highest BCUT2D eigenvalue weighted by molar-refractivity contribution is 5.62. The second kappa shape index (κ2) is 4.07. The lowest BCUT2D eigenvalue weighted by Gasteiger charge is -2.01. The summed E-state index contributed by atoms with van der Waals surface area (Å²) in [6.45, 7) is -0.961. The fourth-order valence-corrected chi connectivity index (χ4v) is 0.953. The molecule has 13 heavy (non-hydrogen) atoms. The Balaban J connectivity index is 3.21. The van der Waals surface area contributed by atoms with Gasteiger partial charge in [-0.1, -0.05) is 24.3 Å². The first-order chi connectivity index (χ1) is 6.16. The zero-order chi connectivity index (χ0) is 9.84. The fourth-order valence-electron chi connectivity index (χ4n) is 0.953. The van der Waals surface area contributed by atoms with Crippen molar-refractivity contribution in [2.45, 2.75) is 6.67 Å². The molecule has 4 heteroatoms. The van der Waals surface area contributed by atoms with Crippen molar-refractivity contribution >= 4 is 5.83 Å². The number of benzene rings is 1. The van der Waals surface area contributed by atoms with E-state index in [2.05, 4.69) is 0 Å². The third kappa shape index (κ3) is 2.08. The molecule has 0 N–H and O–H groups in total. The Kier molecular flexibility index (Phi) is 3.06. The predicted octanol–water partition coefficient (Wildman–Crippen LogP) is 3.69. The molecule has 0 unspecified atom stereocenters. The zero-order valence-corrected chi connectivity index (χ0v) is 6.53. The van der Waals surface area contributed by atoms with E-state index >= 15 is 0 Å². The van der Waals surface area contributed by atoms with Crippen molar-refractivity contribution in [1.82, 2.24) is 0 Å². The lowest BCUT2D eigenvalue weighted by atomic mass is 10.1. The molecule has 0 radical (unpaired) electrons. The molecule has 0 heterocycles. The maximum atomic E-state index is 12.7. The molecule has 1 aromatic carbocycles. The van der Waals surface area contributed by atoms with Gasteiger partial charge in [0.25, 0.3) is 0 Å². The minimum atomic E-state index is -2.43. The van der Waals surface area contributed by atoms with Crippen molar-refractivity contribution in [2.75, 3.05) is 0 Å². The Morgan fingerprint density at radius 3 is 2.23 bits per heavy atom. The standard InChI is InChI=1S/C9H6F4/c10-5-6-3-1-2-4-7(6)8(11)9(12)13/h1-4H,5H2.